The first kappa shape index (κ1) is 11.4. The van der Waals surface area contributed by atoms with E-state index in [1.54, 1.807) is 0 Å². The molecule has 0 amide bonds. The van der Waals surface area contributed by atoms with Gasteiger partial charge in [-0.3, -0.25) is 0 Å². The predicted octanol–water partition coefficient (Wildman–Crippen LogP) is 4.47. The van der Waals surface area contributed by atoms with Crippen molar-refractivity contribution in [1.82, 2.24) is 0 Å². The number of hydrogen-bond donors (Lipinski definition) is 0. The Morgan fingerprint density at radius 1 is 1.38 bits per heavy atom. The highest BCUT2D eigenvalue weighted by Gasteiger charge is 2.27. The second-order valence-corrected chi connectivity index (χ2v) is 5.50. The molecule has 1 heteroatoms. The lowest BCUT2D eigenvalue weighted by molar-refractivity contribution is 0.246. The molecule has 0 spiro atoms. The van der Waals surface area contributed by atoms with Crippen molar-refractivity contribution in [3.8, 4) is 0 Å². The average Bonchev–Trinajstić information content (AvgIpc) is 2.11. The van der Waals surface area contributed by atoms with Crippen LogP contribution in [0, 0.1) is 17.8 Å². The summed E-state index contributed by atoms with van der Waals surface area (Å²) in [6.45, 7) is 7.00. The van der Waals surface area contributed by atoms with Gasteiger partial charge in [-0.25, -0.2) is 0 Å². The van der Waals surface area contributed by atoms with Gasteiger partial charge in [0.05, 0.1) is 0 Å². The molecule has 0 heterocycles. The van der Waals surface area contributed by atoms with Crippen molar-refractivity contribution in [1.29, 1.82) is 0 Å². The van der Waals surface area contributed by atoms with Crippen molar-refractivity contribution >= 4 is 11.6 Å². The lowest BCUT2D eigenvalue weighted by Crippen LogP contribution is -2.25. The molecule has 1 saturated carbocycles. The summed E-state index contributed by atoms with van der Waals surface area (Å²) in [6, 6.07) is 0. The molecule has 0 aromatic heterocycles. The molecule has 0 aromatic carbocycles. The van der Waals surface area contributed by atoms with Crippen molar-refractivity contribution < 1.29 is 0 Å². The topological polar surface area (TPSA) is 0 Å². The minimum Gasteiger partial charge on any atom is -0.123 e. The minimum absolute atomic E-state index is 0.463. The monoisotopic (exact) mass is 202 g/mol. The molecule has 0 radical (unpaired) electrons. The Morgan fingerprint density at radius 2 is 2.08 bits per heavy atom. The molecular formula is C12H23Cl. The second-order valence-electron chi connectivity index (χ2n) is 4.94. The first-order chi connectivity index (χ1) is 6.13. The third-order valence-electron chi connectivity index (χ3n) is 3.55. The van der Waals surface area contributed by atoms with Crippen LogP contribution in [0.2, 0.25) is 0 Å². The van der Waals surface area contributed by atoms with Gasteiger partial charge in [-0.15, -0.1) is 11.6 Å². The summed E-state index contributed by atoms with van der Waals surface area (Å²) in [6.07, 6.45) is 6.58. The molecule has 4 atom stereocenters. The van der Waals surface area contributed by atoms with Crippen LogP contribution in [0.25, 0.3) is 0 Å². The fourth-order valence-electron chi connectivity index (χ4n) is 2.39. The Bertz CT molecular complexity index is 144. The Hall–Kier alpha value is 0.290. The van der Waals surface area contributed by atoms with E-state index in [0.717, 1.165) is 17.8 Å². The van der Waals surface area contributed by atoms with Crippen LogP contribution in [-0.4, -0.2) is 5.38 Å². The number of halogens is 1. The summed E-state index contributed by atoms with van der Waals surface area (Å²) in [4.78, 5) is 0. The summed E-state index contributed by atoms with van der Waals surface area (Å²) >= 11 is 6.35. The minimum atomic E-state index is 0.463. The number of rotatable bonds is 3. The van der Waals surface area contributed by atoms with Gasteiger partial charge in [0.2, 0.25) is 0 Å². The molecule has 0 aromatic rings. The molecule has 1 aliphatic carbocycles. The predicted molar refractivity (Wildman–Crippen MR) is 60.2 cm³/mol. The highest BCUT2D eigenvalue weighted by molar-refractivity contribution is 6.20. The van der Waals surface area contributed by atoms with Gasteiger partial charge >= 0.3 is 0 Å². The SMILES string of the molecule is CCC(C)CC1CC(C)CCC1Cl. The van der Waals surface area contributed by atoms with E-state index in [9.17, 15) is 0 Å². The van der Waals surface area contributed by atoms with Gasteiger partial charge in [-0.05, 0) is 43.4 Å². The lowest BCUT2D eigenvalue weighted by Gasteiger charge is -2.32. The molecule has 0 N–H and O–H groups in total. The van der Waals surface area contributed by atoms with Crippen LogP contribution in [0.4, 0.5) is 0 Å². The highest BCUT2D eigenvalue weighted by Crippen LogP contribution is 2.36. The number of hydrogen-bond acceptors (Lipinski definition) is 0. The van der Waals surface area contributed by atoms with E-state index in [-0.39, 0.29) is 0 Å². The van der Waals surface area contributed by atoms with Crippen LogP contribution in [0.1, 0.15) is 52.9 Å². The van der Waals surface area contributed by atoms with E-state index in [1.807, 2.05) is 0 Å². The Morgan fingerprint density at radius 3 is 2.69 bits per heavy atom. The Kier molecular flexibility index (Phi) is 4.58. The van der Waals surface area contributed by atoms with Crippen molar-refractivity contribution in [3.05, 3.63) is 0 Å². The zero-order valence-electron chi connectivity index (χ0n) is 9.22. The summed E-state index contributed by atoms with van der Waals surface area (Å²) in [7, 11) is 0. The van der Waals surface area contributed by atoms with Crippen molar-refractivity contribution in [2.45, 2.75) is 58.3 Å². The summed E-state index contributed by atoms with van der Waals surface area (Å²) in [5.74, 6) is 2.56. The van der Waals surface area contributed by atoms with E-state index in [2.05, 4.69) is 20.8 Å². The maximum absolute atomic E-state index is 6.35. The largest absolute Gasteiger partial charge is 0.123 e. The maximum Gasteiger partial charge on any atom is 0.0364 e. The van der Waals surface area contributed by atoms with Crippen molar-refractivity contribution in [2.75, 3.05) is 0 Å². The van der Waals surface area contributed by atoms with Crippen LogP contribution in [-0.2, 0) is 0 Å². The van der Waals surface area contributed by atoms with Gasteiger partial charge in [-0.2, -0.15) is 0 Å². The normalized spacial score (nSPS) is 37.4. The van der Waals surface area contributed by atoms with Crippen LogP contribution in [0.5, 0.6) is 0 Å². The number of alkyl halides is 1. The average molecular weight is 203 g/mol. The third kappa shape index (κ3) is 3.50. The third-order valence-corrected chi connectivity index (χ3v) is 4.13. The summed E-state index contributed by atoms with van der Waals surface area (Å²) in [5, 5.41) is 0.463. The van der Waals surface area contributed by atoms with Crippen LogP contribution < -0.4 is 0 Å². The van der Waals surface area contributed by atoms with E-state index in [4.69, 9.17) is 11.6 Å². The van der Waals surface area contributed by atoms with Gasteiger partial charge in [-0.1, -0.05) is 27.2 Å². The van der Waals surface area contributed by atoms with Gasteiger partial charge in [0, 0.05) is 5.38 Å². The smallest absolute Gasteiger partial charge is 0.0364 e. The van der Waals surface area contributed by atoms with Crippen molar-refractivity contribution in [3.63, 3.8) is 0 Å². The summed E-state index contributed by atoms with van der Waals surface area (Å²) in [5.41, 5.74) is 0. The van der Waals surface area contributed by atoms with E-state index >= 15 is 0 Å². The molecule has 1 aliphatic rings. The van der Waals surface area contributed by atoms with E-state index < -0.39 is 0 Å². The first-order valence-electron chi connectivity index (χ1n) is 5.77. The molecule has 1 fully saturated rings. The molecule has 4 unspecified atom stereocenters. The molecule has 0 saturated heterocycles. The molecule has 13 heavy (non-hydrogen) atoms. The molecular weight excluding hydrogens is 180 g/mol. The zero-order chi connectivity index (χ0) is 9.84. The van der Waals surface area contributed by atoms with Gasteiger partial charge in [0.15, 0.2) is 0 Å². The quantitative estimate of drug-likeness (QED) is 0.593. The van der Waals surface area contributed by atoms with Gasteiger partial charge in [0.1, 0.15) is 0 Å². The Balaban J connectivity index is 2.37. The van der Waals surface area contributed by atoms with Gasteiger partial charge in [0.25, 0.3) is 0 Å². The standard InChI is InChI=1S/C12H23Cl/c1-4-9(2)7-11-8-10(3)5-6-12(11)13/h9-12H,4-8H2,1-3H3. The van der Waals surface area contributed by atoms with Crippen LogP contribution in [0.15, 0.2) is 0 Å². The summed E-state index contributed by atoms with van der Waals surface area (Å²) < 4.78 is 0. The van der Waals surface area contributed by atoms with Crippen molar-refractivity contribution in [2.24, 2.45) is 17.8 Å². The maximum atomic E-state index is 6.35. The fourth-order valence-corrected chi connectivity index (χ4v) is 2.72. The zero-order valence-corrected chi connectivity index (χ0v) is 9.98. The molecule has 0 bridgehead atoms. The lowest BCUT2D eigenvalue weighted by atomic mass is 9.77. The second kappa shape index (κ2) is 5.24. The highest BCUT2D eigenvalue weighted by atomic mass is 35.5. The van der Waals surface area contributed by atoms with Crippen LogP contribution >= 0.6 is 11.6 Å². The van der Waals surface area contributed by atoms with E-state index in [1.165, 1.54) is 32.1 Å². The fraction of sp³-hybridized carbons (Fsp3) is 1.00. The Labute approximate surface area is 88.1 Å². The molecule has 1 rings (SSSR count). The molecule has 0 nitrogen and oxygen atoms in total. The van der Waals surface area contributed by atoms with Gasteiger partial charge < -0.3 is 0 Å². The first-order valence-corrected chi connectivity index (χ1v) is 6.21. The van der Waals surface area contributed by atoms with E-state index in [0.29, 0.717) is 5.38 Å². The molecule has 0 aliphatic heterocycles. The van der Waals surface area contributed by atoms with Crippen LogP contribution in [0.3, 0.4) is 0 Å². The molecule has 78 valence electrons.